The van der Waals surface area contributed by atoms with E-state index in [4.69, 9.17) is 21.0 Å². The Morgan fingerprint density at radius 3 is 3.09 bits per heavy atom. The van der Waals surface area contributed by atoms with E-state index in [1.807, 2.05) is 0 Å². The molecule has 1 heterocycles. The van der Waals surface area contributed by atoms with Crippen LogP contribution in [0.2, 0.25) is 0 Å². The summed E-state index contributed by atoms with van der Waals surface area (Å²) in [5.74, 6) is 2.33. The summed E-state index contributed by atoms with van der Waals surface area (Å²) in [6, 6.07) is 0. The van der Waals surface area contributed by atoms with Gasteiger partial charge in [-0.2, -0.15) is 0 Å². The lowest BCUT2D eigenvalue weighted by Crippen LogP contribution is -2.26. The minimum absolute atomic E-state index is 0.227. The van der Waals surface area contributed by atoms with Crippen molar-refractivity contribution in [1.82, 2.24) is 0 Å². The minimum atomic E-state index is -0.513. The molecule has 0 aliphatic carbocycles. The molecule has 0 unspecified atom stereocenters. The fraction of sp³-hybridized carbons (Fsp3) is 0.500. The zero-order valence-corrected chi connectivity index (χ0v) is 6.06. The molecular weight excluding hydrogens is 144 g/mol. The van der Waals surface area contributed by atoms with Crippen LogP contribution in [0.5, 0.6) is 0 Å². The first-order chi connectivity index (χ1) is 5.33. The number of aliphatic hydroxyl groups is 1. The lowest BCUT2D eigenvalue weighted by atomic mass is 10.3. The van der Waals surface area contributed by atoms with Crippen LogP contribution in [0, 0.1) is 12.3 Å². The third-order valence-corrected chi connectivity index (χ3v) is 1.25. The summed E-state index contributed by atoms with van der Waals surface area (Å²) >= 11 is 0. The molecule has 0 aromatic carbocycles. The maximum Gasteiger partial charge on any atom is 0.178 e. The molecule has 0 bridgehead atoms. The first-order valence-electron chi connectivity index (χ1n) is 3.36. The molecule has 1 aliphatic heterocycles. The highest BCUT2D eigenvalue weighted by molar-refractivity contribution is 4.95. The molecule has 2 atom stereocenters. The van der Waals surface area contributed by atoms with Crippen molar-refractivity contribution in [3.8, 4) is 12.3 Å². The zero-order valence-electron chi connectivity index (χ0n) is 6.06. The highest BCUT2D eigenvalue weighted by Gasteiger charge is 2.12. The van der Waals surface area contributed by atoms with E-state index < -0.39 is 12.4 Å². The molecule has 60 valence electrons. The highest BCUT2D eigenvalue weighted by atomic mass is 16.7. The van der Waals surface area contributed by atoms with Crippen LogP contribution in [0.1, 0.15) is 0 Å². The van der Waals surface area contributed by atoms with Gasteiger partial charge in [0.15, 0.2) is 6.29 Å². The van der Waals surface area contributed by atoms with Gasteiger partial charge in [0.05, 0.1) is 12.7 Å². The van der Waals surface area contributed by atoms with Crippen molar-refractivity contribution in [2.24, 2.45) is 0 Å². The Balaban J connectivity index is 2.28. The standard InChI is InChI=1S/C8H10O3/c1-2-5-10-8-4-3-7(9)6-11-8/h1,3-4,7-9H,5-6H2/t7-,8+/m1/s1. The van der Waals surface area contributed by atoms with Crippen molar-refractivity contribution in [2.75, 3.05) is 13.2 Å². The van der Waals surface area contributed by atoms with Crippen molar-refractivity contribution in [3.05, 3.63) is 12.2 Å². The second-order valence-corrected chi connectivity index (χ2v) is 2.17. The van der Waals surface area contributed by atoms with E-state index in [1.54, 1.807) is 12.2 Å². The van der Waals surface area contributed by atoms with Crippen molar-refractivity contribution in [1.29, 1.82) is 0 Å². The smallest absolute Gasteiger partial charge is 0.178 e. The van der Waals surface area contributed by atoms with Gasteiger partial charge in [-0.15, -0.1) is 6.42 Å². The molecule has 1 N–H and O–H groups in total. The summed E-state index contributed by atoms with van der Waals surface area (Å²) in [6.45, 7) is 0.497. The Labute approximate surface area is 65.6 Å². The molecule has 0 saturated heterocycles. The van der Waals surface area contributed by atoms with Crippen LogP contribution < -0.4 is 0 Å². The zero-order chi connectivity index (χ0) is 8.10. The van der Waals surface area contributed by atoms with Gasteiger partial charge in [-0.1, -0.05) is 12.0 Å². The highest BCUT2D eigenvalue weighted by Crippen LogP contribution is 2.05. The number of aliphatic hydroxyl groups excluding tert-OH is 1. The normalized spacial score (nSPS) is 29.8. The maximum absolute atomic E-state index is 8.94. The van der Waals surface area contributed by atoms with Crippen LogP contribution >= 0.6 is 0 Å². The second kappa shape index (κ2) is 4.14. The predicted molar refractivity (Wildman–Crippen MR) is 39.7 cm³/mol. The van der Waals surface area contributed by atoms with E-state index in [1.165, 1.54) is 0 Å². The summed E-state index contributed by atoms with van der Waals surface area (Å²) in [5.41, 5.74) is 0. The van der Waals surface area contributed by atoms with E-state index in [9.17, 15) is 0 Å². The Bertz CT molecular complexity index is 180. The average molecular weight is 154 g/mol. The molecule has 1 rings (SSSR count). The molecule has 0 fully saturated rings. The Kier molecular flexibility index (Phi) is 3.12. The molecule has 0 radical (unpaired) electrons. The van der Waals surface area contributed by atoms with Crippen LogP contribution in [-0.4, -0.2) is 30.7 Å². The molecule has 1 aliphatic rings. The predicted octanol–water partition coefficient (Wildman–Crippen LogP) is -0.0904. The van der Waals surface area contributed by atoms with Gasteiger partial charge in [0, 0.05) is 0 Å². The van der Waals surface area contributed by atoms with Gasteiger partial charge in [-0.25, -0.2) is 0 Å². The minimum Gasteiger partial charge on any atom is -0.387 e. The van der Waals surface area contributed by atoms with Crippen LogP contribution in [0.25, 0.3) is 0 Å². The lowest BCUT2D eigenvalue weighted by Gasteiger charge is -2.19. The van der Waals surface area contributed by atoms with Gasteiger partial charge >= 0.3 is 0 Å². The van der Waals surface area contributed by atoms with Gasteiger partial charge in [0.1, 0.15) is 6.61 Å². The van der Waals surface area contributed by atoms with E-state index in [-0.39, 0.29) is 13.2 Å². The van der Waals surface area contributed by atoms with Gasteiger partial charge in [0.2, 0.25) is 0 Å². The third kappa shape index (κ3) is 2.72. The van der Waals surface area contributed by atoms with Gasteiger partial charge in [0.25, 0.3) is 0 Å². The fourth-order valence-corrected chi connectivity index (χ4v) is 0.757. The van der Waals surface area contributed by atoms with Crippen molar-refractivity contribution < 1.29 is 14.6 Å². The van der Waals surface area contributed by atoms with E-state index in [0.29, 0.717) is 0 Å². The number of hydrogen-bond donors (Lipinski definition) is 1. The summed E-state index contributed by atoms with van der Waals surface area (Å²) in [4.78, 5) is 0. The molecular formula is C8H10O3. The molecule has 0 spiro atoms. The van der Waals surface area contributed by atoms with E-state index in [0.717, 1.165) is 0 Å². The van der Waals surface area contributed by atoms with Crippen molar-refractivity contribution in [3.63, 3.8) is 0 Å². The molecule has 0 amide bonds. The SMILES string of the molecule is C#CCO[C@@H]1C=C[C@@H](O)CO1. The Morgan fingerprint density at radius 2 is 2.55 bits per heavy atom. The number of rotatable bonds is 2. The largest absolute Gasteiger partial charge is 0.387 e. The first-order valence-corrected chi connectivity index (χ1v) is 3.36. The molecule has 11 heavy (non-hydrogen) atoms. The van der Waals surface area contributed by atoms with Crippen molar-refractivity contribution >= 4 is 0 Å². The van der Waals surface area contributed by atoms with Gasteiger partial charge in [-0.3, -0.25) is 0 Å². The van der Waals surface area contributed by atoms with Crippen molar-refractivity contribution in [2.45, 2.75) is 12.4 Å². The van der Waals surface area contributed by atoms with Crippen LogP contribution in [-0.2, 0) is 9.47 Å². The first kappa shape index (κ1) is 8.28. The van der Waals surface area contributed by atoms with Crippen LogP contribution in [0.15, 0.2) is 12.2 Å². The van der Waals surface area contributed by atoms with E-state index in [2.05, 4.69) is 5.92 Å². The summed E-state index contributed by atoms with van der Waals surface area (Å²) in [6.07, 6.45) is 7.34. The topological polar surface area (TPSA) is 38.7 Å². The number of hydrogen-bond acceptors (Lipinski definition) is 3. The van der Waals surface area contributed by atoms with Crippen LogP contribution in [0.4, 0.5) is 0 Å². The van der Waals surface area contributed by atoms with Gasteiger partial charge < -0.3 is 14.6 Å². The number of terminal acetylenes is 1. The Morgan fingerprint density at radius 1 is 1.73 bits per heavy atom. The fourth-order valence-electron chi connectivity index (χ4n) is 0.757. The monoisotopic (exact) mass is 154 g/mol. The third-order valence-electron chi connectivity index (χ3n) is 1.25. The lowest BCUT2D eigenvalue weighted by molar-refractivity contribution is -0.124. The quantitative estimate of drug-likeness (QED) is 0.446. The van der Waals surface area contributed by atoms with Gasteiger partial charge in [-0.05, 0) is 6.08 Å². The number of ether oxygens (including phenoxy) is 2. The molecule has 0 saturated carbocycles. The Hall–Kier alpha value is -0.820. The average Bonchev–Trinajstić information content (AvgIpc) is 2.04. The second-order valence-electron chi connectivity index (χ2n) is 2.17. The molecule has 0 aromatic heterocycles. The summed E-state index contributed by atoms with van der Waals surface area (Å²) in [5, 5.41) is 8.94. The van der Waals surface area contributed by atoms with E-state index >= 15 is 0 Å². The van der Waals surface area contributed by atoms with Crippen LogP contribution in [0.3, 0.4) is 0 Å². The maximum atomic E-state index is 8.94. The molecule has 3 heteroatoms. The molecule has 3 nitrogen and oxygen atoms in total. The summed E-state index contributed by atoms with van der Waals surface area (Å²) in [7, 11) is 0. The summed E-state index contributed by atoms with van der Waals surface area (Å²) < 4.78 is 10.1. The molecule has 0 aromatic rings.